The summed E-state index contributed by atoms with van der Waals surface area (Å²) in [4.78, 5) is 13.9. The number of carboxylic acids is 1. The molecule has 1 heterocycles. The van der Waals surface area contributed by atoms with Crippen LogP contribution in [0.4, 0.5) is 0 Å². The van der Waals surface area contributed by atoms with Crippen LogP contribution in [-0.2, 0) is 4.79 Å². The molecule has 3 nitrogen and oxygen atoms in total. The lowest BCUT2D eigenvalue weighted by Gasteiger charge is -2.45. The lowest BCUT2D eigenvalue weighted by atomic mass is 9.77. The molecular weight excluding hydrogens is 226 g/mol. The zero-order valence-electron chi connectivity index (χ0n) is 11.9. The molecule has 2 rings (SSSR count). The van der Waals surface area contributed by atoms with E-state index in [-0.39, 0.29) is 12.0 Å². The lowest BCUT2D eigenvalue weighted by Crippen LogP contribution is -2.52. The zero-order valence-corrected chi connectivity index (χ0v) is 11.9. The summed E-state index contributed by atoms with van der Waals surface area (Å²) in [5.74, 6) is 1.37. The number of likely N-dealkylation sites (tertiary alicyclic amines) is 1. The van der Waals surface area contributed by atoms with Crippen LogP contribution < -0.4 is 0 Å². The standard InChI is InChI=1S/C15H27NO2/c1-10-4-5-13(15(17)18)14(7-10)16-8-11(2)6-12(3)9-16/h10-14H,4-9H2,1-3H3,(H,17,18). The SMILES string of the molecule is CC1CCC(C(=O)O)C(N2CC(C)CC(C)C2)C1. The molecule has 0 aromatic carbocycles. The fourth-order valence-corrected chi connectivity index (χ4v) is 4.02. The number of hydrogen-bond acceptors (Lipinski definition) is 2. The molecule has 5 unspecified atom stereocenters. The van der Waals surface area contributed by atoms with Crippen LogP contribution in [0.25, 0.3) is 0 Å². The van der Waals surface area contributed by atoms with E-state index in [4.69, 9.17) is 0 Å². The summed E-state index contributed by atoms with van der Waals surface area (Å²) in [6, 6.07) is 0.274. The summed E-state index contributed by atoms with van der Waals surface area (Å²) >= 11 is 0. The average molecular weight is 253 g/mol. The maximum absolute atomic E-state index is 11.5. The van der Waals surface area contributed by atoms with Gasteiger partial charge in [0.2, 0.25) is 0 Å². The highest BCUT2D eigenvalue weighted by Crippen LogP contribution is 2.35. The topological polar surface area (TPSA) is 40.5 Å². The molecule has 2 aliphatic rings. The van der Waals surface area contributed by atoms with Crippen LogP contribution in [0.1, 0.15) is 46.5 Å². The van der Waals surface area contributed by atoms with Gasteiger partial charge in [-0.05, 0) is 43.4 Å². The molecule has 18 heavy (non-hydrogen) atoms. The van der Waals surface area contributed by atoms with Gasteiger partial charge in [0.1, 0.15) is 0 Å². The Morgan fingerprint density at radius 2 is 1.61 bits per heavy atom. The number of aliphatic carboxylic acids is 1. The molecule has 3 heteroatoms. The second kappa shape index (κ2) is 5.60. The highest BCUT2D eigenvalue weighted by Gasteiger charge is 2.39. The maximum atomic E-state index is 11.5. The molecule has 0 spiro atoms. The number of nitrogens with zero attached hydrogens (tertiary/aromatic N) is 1. The minimum Gasteiger partial charge on any atom is -0.481 e. The lowest BCUT2D eigenvalue weighted by molar-refractivity contribution is -0.147. The molecule has 0 aromatic heterocycles. The summed E-state index contributed by atoms with van der Waals surface area (Å²) in [6.45, 7) is 9.04. The van der Waals surface area contributed by atoms with Crippen molar-refractivity contribution in [2.75, 3.05) is 13.1 Å². The highest BCUT2D eigenvalue weighted by molar-refractivity contribution is 5.71. The van der Waals surface area contributed by atoms with E-state index in [0.717, 1.165) is 32.4 Å². The monoisotopic (exact) mass is 253 g/mol. The van der Waals surface area contributed by atoms with Gasteiger partial charge in [0.15, 0.2) is 0 Å². The molecule has 1 N–H and O–H groups in total. The van der Waals surface area contributed by atoms with E-state index in [0.29, 0.717) is 17.8 Å². The first kappa shape index (κ1) is 13.9. The van der Waals surface area contributed by atoms with Crippen molar-refractivity contribution in [2.45, 2.75) is 52.5 Å². The van der Waals surface area contributed by atoms with Gasteiger partial charge in [0.05, 0.1) is 5.92 Å². The second-order valence-corrected chi connectivity index (χ2v) is 6.83. The number of piperidine rings is 1. The van der Waals surface area contributed by atoms with Crippen LogP contribution in [0.5, 0.6) is 0 Å². The van der Waals surface area contributed by atoms with E-state index in [1.165, 1.54) is 6.42 Å². The van der Waals surface area contributed by atoms with E-state index in [9.17, 15) is 9.90 Å². The largest absolute Gasteiger partial charge is 0.481 e. The molecule has 0 bridgehead atoms. The maximum Gasteiger partial charge on any atom is 0.308 e. The van der Waals surface area contributed by atoms with Gasteiger partial charge in [0, 0.05) is 19.1 Å². The smallest absolute Gasteiger partial charge is 0.308 e. The molecule has 1 saturated carbocycles. The normalized spacial score (nSPS) is 42.7. The molecule has 0 radical (unpaired) electrons. The van der Waals surface area contributed by atoms with Gasteiger partial charge in [0.25, 0.3) is 0 Å². The fourth-order valence-electron chi connectivity index (χ4n) is 4.02. The third-order valence-corrected chi connectivity index (χ3v) is 4.76. The van der Waals surface area contributed by atoms with Crippen molar-refractivity contribution in [1.82, 2.24) is 4.90 Å². The predicted molar refractivity (Wildman–Crippen MR) is 72.4 cm³/mol. The van der Waals surface area contributed by atoms with Crippen molar-refractivity contribution in [2.24, 2.45) is 23.7 Å². The quantitative estimate of drug-likeness (QED) is 0.822. The van der Waals surface area contributed by atoms with E-state index < -0.39 is 5.97 Å². The third kappa shape index (κ3) is 3.05. The Bertz CT molecular complexity index is 295. The van der Waals surface area contributed by atoms with Crippen molar-refractivity contribution in [3.8, 4) is 0 Å². The molecule has 5 atom stereocenters. The van der Waals surface area contributed by atoms with Crippen molar-refractivity contribution >= 4 is 5.97 Å². The fraction of sp³-hybridized carbons (Fsp3) is 0.933. The van der Waals surface area contributed by atoms with Gasteiger partial charge < -0.3 is 5.11 Å². The first-order valence-corrected chi connectivity index (χ1v) is 7.44. The molecule has 0 amide bonds. The molecule has 104 valence electrons. The van der Waals surface area contributed by atoms with Crippen LogP contribution in [0, 0.1) is 23.7 Å². The van der Waals surface area contributed by atoms with Crippen LogP contribution in [0.2, 0.25) is 0 Å². The molecule has 1 aliphatic carbocycles. The van der Waals surface area contributed by atoms with E-state index in [2.05, 4.69) is 25.7 Å². The Morgan fingerprint density at radius 1 is 1.00 bits per heavy atom. The Labute approximate surface area is 111 Å². The van der Waals surface area contributed by atoms with Crippen molar-refractivity contribution in [3.63, 3.8) is 0 Å². The molecule has 1 saturated heterocycles. The predicted octanol–water partition coefficient (Wildman–Crippen LogP) is 2.85. The molecule has 2 fully saturated rings. The van der Waals surface area contributed by atoms with Gasteiger partial charge >= 0.3 is 5.97 Å². The second-order valence-electron chi connectivity index (χ2n) is 6.83. The van der Waals surface area contributed by atoms with Gasteiger partial charge in [-0.1, -0.05) is 20.8 Å². The van der Waals surface area contributed by atoms with E-state index in [1.54, 1.807) is 0 Å². The summed E-state index contributed by atoms with van der Waals surface area (Å²) in [5, 5.41) is 9.43. The first-order valence-electron chi connectivity index (χ1n) is 7.44. The number of hydrogen-bond donors (Lipinski definition) is 1. The Hall–Kier alpha value is -0.570. The average Bonchev–Trinajstić information content (AvgIpc) is 2.27. The molecule has 0 aromatic rings. The zero-order chi connectivity index (χ0) is 13.3. The van der Waals surface area contributed by atoms with Crippen molar-refractivity contribution in [3.05, 3.63) is 0 Å². The summed E-state index contributed by atoms with van der Waals surface area (Å²) < 4.78 is 0. The van der Waals surface area contributed by atoms with Gasteiger partial charge in [-0.3, -0.25) is 9.69 Å². The molecule has 1 aliphatic heterocycles. The number of rotatable bonds is 2. The highest BCUT2D eigenvalue weighted by atomic mass is 16.4. The first-order chi connectivity index (χ1) is 8.47. The minimum absolute atomic E-state index is 0.140. The van der Waals surface area contributed by atoms with Gasteiger partial charge in [-0.2, -0.15) is 0 Å². The van der Waals surface area contributed by atoms with Gasteiger partial charge in [-0.15, -0.1) is 0 Å². The summed E-state index contributed by atoms with van der Waals surface area (Å²) in [6.07, 6.45) is 4.29. The van der Waals surface area contributed by atoms with Gasteiger partial charge in [-0.25, -0.2) is 0 Å². The Balaban J connectivity index is 2.09. The van der Waals surface area contributed by atoms with Crippen molar-refractivity contribution in [1.29, 1.82) is 0 Å². The number of carboxylic acid groups (broad SMARTS) is 1. The third-order valence-electron chi connectivity index (χ3n) is 4.76. The van der Waals surface area contributed by atoms with Crippen LogP contribution in [0.3, 0.4) is 0 Å². The Morgan fingerprint density at radius 3 is 2.17 bits per heavy atom. The van der Waals surface area contributed by atoms with E-state index >= 15 is 0 Å². The summed E-state index contributed by atoms with van der Waals surface area (Å²) in [5.41, 5.74) is 0. The van der Waals surface area contributed by atoms with Crippen LogP contribution in [-0.4, -0.2) is 35.1 Å². The number of carbonyl (C=O) groups is 1. The molecular formula is C15H27NO2. The van der Waals surface area contributed by atoms with E-state index in [1.807, 2.05) is 0 Å². The Kier molecular flexibility index (Phi) is 4.31. The summed E-state index contributed by atoms with van der Waals surface area (Å²) in [7, 11) is 0. The van der Waals surface area contributed by atoms with Crippen molar-refractivity contribution < 1.29 is 9.90 Å². The van der Waals surface area contributed by atoms with Crippen LogP contribution in [0.15, 0.2) is 0 Å². The minimum atomic E-state index is -0.585. The van der Waals surface area contributed by atoms with Crippen LogP contribution >= 0.6 is 0 Å².